The molecule has 3 heteroatoms. The minimum absolute atomic E-state index is 0.344. The SMILES string of the molecule is CCC(N)CCc1ccsn1. The Morgan fingerprint density at radius 1 is 1.73 bits per heavy atom. The lowest BCUT2D eigenvalue weighted by Crippen LogP contribution is -2.19. The van der Waals surface area contributed by atoms with Crippen molar-refractivity contribution in [3.05, 3.63) is 17.1 Å². The first-order valence-electron chi connectivity index (χ1n) is 3.97. The van der Waals surface area contributed by atoms with Crippen molar-refractivity contribution in [1.82, 2.24) is 4.37 Å². The number of hydrogen-bond donors (Lipinski definition) is 1. The summed E-state index contributed by atoms with van der Waals surface area (Å²) in [4.78, 5) is 0. The van der Waals surface area contributed by atoms with Crippen molar-refractivity contribution >= 4 is 11.5 Å². The Kier molecular flexibility index (Phi) is 3.52. The van der Waals surface area contributed by atoms with Crippen LogP contribution in [0.2, 0.25) is 0 Å². The van der Waals surface area contributed by atoms with Gasteiger partial charge in [-0.25, -0.2) is 0 Å². The molecular formula is C8H14N2S. The summed E-state index contributed by atoms with van der Waals surface area (Å²) in [6, 6.07) is 2.41. The molecule has 1 aromatic heterocycles. The molecule has 2 nitrogen and oxygen atoms in total. The van der Waals surface area contributed by atoms with Gasteiger partial charge in [-0.15, -0.1) is 0 Å². The molecule has 0 amide bonds. The van der Waals surface area contributed by atoms with Gasteiger partial charge in [-0.05, 0) is 36.9 Å². The third-order valence-corrected chi connectivity index (χ3v) is 2.38. The normalized spacial score (nSPS) is 13.3. The number of rotatable bonds is 4. The van der Waals surface area contributed by atoms with Crippen LogP contribution in [-0.2, 0) is 6.42 Å². The second-order valence-corrected chi connectivity index (χ2v) is 3.36. The molecule has 0 aliphatic heterocycles. The first-order chi connectivity index (χ1) is 5.33. The zero-order chi connectivity index (χ0) is 8.10. The molecule has 0 spiro atoms. The van der Waals surface area contributed by atoms with E-state index in [4.69, 9.17) is 5.73 Å². The Morgan fingerprint density at radius 3 is 3.09 bits per heavy atom. The molecule has 11 heavy (non-hydrogen) atoms. The summed E-state index contributed by atoms with van der Waals surface area (Å²) in [5, 5.41) is 2.01. The summed E-state index contributed by atoms with van der Waals surface area (Å²) >= 11 is 1.51. The van der Waals surface area contributed by atoms with E-state index in [1.807, 2.05) is 5.38 Å². The van der Waals surface area contributed by atoms with Crippen molar-refractivity contribution < 1.29 is 0 Å². The molecule has 0 radical (unpaired) electrons. The Labute approximate surface area is 71.6 Å². The smallest absolute Gasteiger partial charge is 0.0542 e. The van der Waals surface area contributed by atoms with Crippen LogP contribution in [0.5, 0.6) is 0 Å². The van der Waals surface area contributed by atoms with Gasteiger partial charge >= 0.3 is 0 Å². The first kappa shape index (κ1) is 8.68. The predicted molar refractivity (Wildman–Crippen MR) is 48.7 cm³/mol. The van der Waals surface area contributed by atoms with Crippen molar-refractivity contribution in [3.63, 3.8) is 0 Å². The molecule has 0 fully saturated rings. The summed E-state index contributed by atoms with van der Waals surface area (Å²) < 4.78 is 4.21. The Bertz CT molecular complexity index is 184. The fourth-order valence-corrected chi connectivity index (χ4v) is 1.47. The molecule has 62 valence electrons. The van der Waals surface area contributed by atoms with E-state index in [9.17, 15) is 0 Å². The summed E-state index contributed by atoms with van der Waals surface area (Å²) in [6.45, 7) is 2.12. The van der Waals surface area contributed by atoms with Crippen LogP contribution >= 0.6 is 11.5 Å². The Morgan fingerprint density at radius 2 is 2.55 bits per heavy atom. The van der Waals surface area contributed by atoms with E-state index in [0.29, 0.717) is 6.04 Å². The van der Waals surface area contributed by atoms with Gasteiger partial charge in [0.05, 0.1) is 5.69 Å². The lowest BCUT2D eigenvalue weighted by Gasteiger charge is -2.05. The average molecular weight is 170 g/mol. The van der Waals surface area contributed by atoms with E-state index >= 15 is 0 Å². The van der Waals surface area contributed by atoms with Gasteiger partial charge in [0, 0.05) is 11.4 Å². The van der Waals surface area contributed by atoms with Crippen molar-refractivity contribution in [2.75, 3.05) is 0 Å². The second-order valence-electron chi connectivity index (χ2n) is 2.70. The maximum atomic E-state index is 5.77. The standard InChI is InChI=1S/C8H14N2S/c1-2-7(9)3-4-8-5-6-11-10-8/h5-7H,2-4,9H2,1H3. The number of aryl methyl sites for hydroxylation is 1. The van der Waals surface area contributed by atoms with Crippen molar-refractivity contribution in [2.45, 2.75) is 32.2 Å². The maximum Gasteiger partial charge on any atom is 0.0542 e. The fraction of sp³-hybridized carbons (Fsp3) is 0.625. The lowest BCUT2D eigenvalue weighted by molar-refractivity contribution is 0.593. The fourth-order valence-electron chi connectivity index (χ4n) is 0.904. The van der Waals surface area contributed by atoms with Crippen molar-refractivity contribution in [2.24, 2.45) is 5.73 Å². The van der Waals surface area contributed by atoms with E-state index in [2.05, 4.69) is 17.4 Å². The summed E-state index contributed by atoms with van der Waals surface area (Å²) in [5.74, 6) is 0. The largest absolute Gasteiger partial charge is 0.328 e. The van der Waals surface area contributed by atoms with E-state index in [0.717, 1.165) is 19.3 Å². The number of nitrogens with two attached hydrogens (primary N) is 1. The predicted octanol–water partition coefficient (Wildman–Crippen LogP) is 1.81. The molecule has 0 aliphatic carbocycles. The van der Waals surface area contributed by atoms with Crippen LogP contribution in [0.1, 0.15) is 25.5 Å². The van der Waals surface area contributed by atoms with Gasteiger partial charge in [0.2, 0.25) is 0 Å². The molecule has 0 saturated heterocycles. The lowest BCUT2D eigenvalue weighted by atomic mass is 10.1. The van der Waals surface area contributed by atoms with Gasteiger partial charge < -0.3 is 5.73 Å². The van der Waals surface area contributed by atoms with Crippen LogP contribution in [0.15, 0.2) is 11.4 Å². The molecule has 0 aliphatic rings. The highest BCUT2D eigenvalue weighted by molar-refractivity contribution is 7.03. The highest BCUT2D eigenvalue weighted by Gasteiger charge is 2.00. The minimum atomic E-state index is 0.344. The highest BCUT2D eigenvalue weighted by Crippen LogP contribution is 2.05. The van der Waals surface area contributed by atoms with Crippen LogP contribution in [0.3, 0.4) is 0 Å². The molecule has 2 N–H and O–H groups in total. The molecule has 0 aromatic carbocycles. The van der Waals surface area contributed by atoms with Crippen LogP contribution in [-0.4, -0.2) is 10.4 Å². The Balaban J connectivity index is 2.23. The minimum Gasteiger partial charge on any atom is -0.328 e. The van der Waals surface area contributed by atoms with Gasteiger partial charge in [-0.1, -0.05) is 6.92 Å². The number of aromatic nitrogens is 1. The van der Waals surface area contributed by atoms with Gasteiger partial charge in [0.15, 0.2) is 0 Å². The summed E-state index contributed by atoms with van der Waals surface area (Å²) in [6.07, 6.45) is 3.14. The van der Waals surface area contributed by atoms with Crippen molar-refractivity contribution in [3.8, 4) is 0 Å². The molecular weight excluding hydrogens is 156 g/mol. The zero-order valence-corrected chi connectivity index (χ0v) is 7.60. The van der Waals surface area contributed by atoms with Crippen molar-refractivity contribution in [1.29, 1.82) is 0 Å². The molecule has 1 atom stereocenters. The van der Waals surface area contributed by atoms with Crippen LogP contribution in [0, 0.1) is 0 Å². The van der Waals surface area contributed by atoms with Crippen LogP contribution < -0.4 is 5.73 Å². The summed E-state index contributed by atoms with van der Waals surface area (Å²) in [5.41, 5.74) is 6.94. The van der Waals surface area contributed by atoms with E-state index < -0.39 is 0 Å². The molecule has 1 unspecified atom stereocenters. The molecule has 1 aromatic rings. The zero-order valence-electron chi connectivity index (χ0n) is 6.79. The van der Waals surface area contributed by atoms with Gasteiger partial charge in [-0.3, -0.25) is 0 Å². The van der Waals surface area contributed by atoms with Gasteiger partial charge in [-0.2, -0.15) is 4.37 Å². The summed E-state index contributed by atoms with van der Waals surface area (Å²) in [7, 11) is 0. The monoisotopic (exact) mass is 170 g/mol. The first-order valence-corrected chi connectivity index (χ1v) is 4.81. The van der Waals surface area contributed by atoms with Gasteiger partial charge in [0.1, 0.15) is 0 Å². The van der Waals surface area contributed by atoms with Gasteiger partial charge in [0.25, 0.3) is 0 Å². The third kappa shape index (κ3) is 2.99. The highest BCUT2D eigenvalue weighted by atomic mass is 32.1. The molecule has 1 rings (SSSR count). The van der Waals surface area contributed by atoms with Crippen LogP contribution in [0.25, 0.3) is 0 Å². The van der Waals surface area contributed by atoms with E-state index in [1.165, 1.54) is 17.2 Å². The molecule has 0 saturated carbocycles. The topological polar surface area (TPSA) is 38.9 Å². The third-order valence-electron chi connectivity index (χ3n) is 1.79. The van der Waals surface area contributed by atoms with E-state index in [1.54, 1.807) is 0 Å². The number of hydrogen-bond acceptors (Lipinski definition) is 3. The Hall–Kier alpha value is -0.410. The van der Waals surface area contributed by atoms with E-state index in [-0.39, 0.29) is 0 Å². The average Bonchev–Trinajstić information content (AvgIpc) is 2.52. The quantitative estimate of drug-likeness (QED) is 0.748. The maximum absolute atomic E-state index is 5.77. The molecule has 0 bridgehead atoms. The molecule has 1 heterocycles. The second kappa shape index (κ2) is 4.46. The van der Waals surface area contributed by atoms with Crippen LogP contribution in [0.4, 0.5) is 0 Å². The number of nitrogens with zero attached hydrogens (tertiary/aromatic N) is 1.